The average molecular weight is 259 g/mol. The summed E-state index contributed by atoms with van der Waals surface area (Å²) in [5.41, 5.74) is 0. The number of rotatable bonds is 6. The SMILES string of the molecule is CCNC(CCS(C)(=O)=O)C1CC2CCC1C2. The second kappa shape index (κ2) is 5.27. The van der Waals surface area contributed by atoms with Crippen LogP contribution >= 0.6 is 0 Å². The van der Waals surface area contributed by atoms with Gasteiger partial charge in [-0.1, -0.05) is 13.3 Å². The summed E-state index contributed by atoms with van der Waals surface area (Å²) in [6.07, 6.45) is 7.64. The first-order valence-electron chi connectivity index (χ1n) is 6.90. The van der Waals surface area contributed by atoms with Crippen LogP contribution in [-0.4, -0.2) is 33.0 Å². The lowest BCUT2D eigenvalue weighted by Gasteiger charge is -2.31. The first-order valence-corrected chi connectivity index (χ1v) is 8.96. The first-order chi connectivity index (χ1) is 7.99. The fourth-order valence-corrected chi connectivity index (χ4v) is 4.54. The molecular weight excluding hydrogens is 234 g/mol. The zero-order valence-corrected chi connectivity index (χ0v) is 11.8. The molecule has 0 heterocycles. The van der Waals surface area contributed by atoms with Gasteiger partial charge in [0, 0.05) is 12.3 Å². The normalized spacial score (nSPS) is 34.1. The van der Waals surface area contributed by atoms with Gasteiger partial charge in [0.05, 0.1) is 5.75 Å². The van der Waals surface area contributed by atoms with E-state index in [0.717, 1.165) is 30.7 Å². The van der Waals surface area contributed by atoms with Crippen LogP contribution in [0.15, 0.2) is 0 Å². The van der Waals surface area contributed by atoms with Crippen LogP contribution in [0.4, 0.5) is 0 Å². The van der Waals surface area contributed by atoms with Gasteiger partial charge in [-0.05, 0) is 50.0 Å². The van der Waals surface area contributed by atoms with E-state index in [4.69, 9.17) is 0 Å². The molecule has 4 atom stereocenters. The van der Waals surface area contributed by atoms with Crippen molar-refractivity contribution in [2.24, 2.45) is 17.8 Å². The van der Waals surface area contributed by atoms with Gasteiger partial charge in [0.2, 0.25) is 0 Å². The van der Waals surface area contributed by atoms with Crippen molar-refractivity contribution in [1.82, 2.24) is 5.32 Å². The Morgan fingerprint density at radius 1 is 1.29 bits per heavy atom. The third-order valence-electron chi connectivity index (χ3n) is 4.58. The molecule has 2 fully saturated rings. The molecule has 0 aromatic rings. The zero-order chi connectivity index (χ0) is 12.5. The highest BCUT2D eigenvalue weighted by molar-refractivity contribution is 7.90. The van der Waals surface area contributed by atoms with Crippen molar-refractivity contribution >= 4 is 9.84 Å². The third-order valence-corrected chi connectivity index (χ3v) is 5.55. The van der Waals surface area contributed by atoms with Crippen molar-refractivity contribution in [1.29, 1.82) is 0 Å². The Balaban J connectivity index is 1.92. The predicted molar refractivity (Wildman–Crippen MR) is 70.7 cm³/mol. The molecule has 17 heavy (non-hydrogen) atoms. The van der Waals surface area contributed by atoms with Crippen LogP contribution in [0, 0.1) is 17.8 Å². The van der Waals surface area contributed by atoms with Gasteiger partial charge in [0.15, 0.2) is 0 Å². The van der Waals surface area contributed by atoms with Crippen molar-refractivity contribution in [3.05, 3.63) is 0 Å². The molecule has 100 valence electrons. The zero-order valence-electron chi connectivity index (χ0n) is 11.0. The van der Waals surface area contributed by atoms with Crippen LogP contribution < -0.4 is 5.32 Å². The minimum Gasteiger partial charge on any atom is -0.314 e. The van der Waals surface area contributed by atoms with Crippen molar-refractivity contribution in [2.75, 3.05) is 18.6 Å². The first kappa shape index (κ1) is 13.3. The van der Waals surface area contributed by atoms with Gasteiger partial charge in [0.25, 0.3) is 0 Å². The molecule has 0 aromatic carbocycles. The fourth-order valence-electron chi connectivity index (χ4n) is 3.86. The molecule has 2 aliphatic carbocycles. The Morgan fingerprint density at radius 3 is 2.53 bits per heavy atom. The number of sulfone groups is 1. The van der Waals surface area contributed by atoms with Crippen LogP contribution in [0.3, 0.4) is 0 Å². The molecule has 0 spiro atoms. The summed E-state index contributed by atoms with van der Waals surface area (Å²) < 4.78 is 22.6. The standard InChI is InChI=1S/C13H25NO2S/c1-3-14-13(6-7-17(2,15)16)12-9-10-4-5-11(12)8-10/h10-14H,3-9H2,1-2H3. The van der Waals surface area contributed by atoms with E-state index in [1.165, 1.54) is 31.9 Å². The van der Waals surface area contributed by atoms with Crippen molar-refractivity contribution in [3.8, 4) is 0 Å². The Kier molecular flexibility index (Phi) is 4.14. The van der Waals surface area contributed by atoms with E-state index >= 15 is 0 Å². The summed E-state index contributed by atoms with van der Waals surface area (Å²) in [5, 5.41) is 3.52. The van der Waals surface area contributed by atoms with Gasteiger partial charge in [0.1, 0.15) is 9.84 Å². The fraction of sp³-hybridized carbons (Fsp3) is 1.00. The molecule has 2 rings (SSSR count). The number of hydrogen-bond donors (Lipinski definition) is 1. The molecule has 4 unspecified atom stereocenters. The highest BCUT2D eigenvalue weighted by Crippen LogP contribution is 2.49. The molecule has 0 aliphatic heterocycles. The molecule has 2 aliphatic rings. The largest absolute Gasteiger partial charge is 0.314 e. The summed E-state index contributed by atoms with van der Waals surface area (Å²) >= 11 is 0. The molecule has 0 aromatic heterocycles. The van der Waals surface area contributed by atoms with Crippen LogP contribution in [-0.2, 0) is 9.84 Å². The quantitative estimate of drug-likeness (QED) is 0.791. The Labute approximate surface area is 105 Å². The summed E-state index contributed by atoms with van der Waals surface area (Å²) in [7, 11) is -2.82. The van der Waals surface area contributed by atoms with Gasteiger partial charge in [-0.2, -0.15) is 0 Å². The van der Waals surface area contributed by atoms with Crippen molar-refractivity contribution in [3.63, 3.8) is 0 Å². The van der Waals surface area contributed by atoms with E-state index in [2.05, 4.69) is 12.2 Å². The molecule has 2 bridgehead atoms. The topological polar surface area (TPSA) is 46.2 Å². The van der Waals surface area contributed by atoms with Gasteiger partial charge < -0.3 is 5.32 Å². The predicted octanol–water partition coefficient (Wildman–Crippen LogP) is 1.84. The van der Waals surface area contributed by atoms with Gasteiger partial charge >= 0.3 is 0 Å². The molecular formula is C13H25NO2S. The van der Waals surface area contributed by atoms with Gasteiger partial charge in [-0.25, -0.2) is 8.42 Å². The van der Waals surface area contributed by atoms with Crippen LogP contribution in [0.1, 0.15) is 39.0 Å². The third kappa shape index (κ3) is 3.44. The maximum atomic E-state index is 11.3. The summed E-state index contributed by atoms with van der Waals surface area (Å²) in [4.78, 5) is 0. The second-order valence-electron chi connectivity index (χ2n) is 5.92. The Morgan fingerprint density at radius 2 is 2.06 bits per heavy atom. The lowest BCUT2D eigenvalue weighted by Crippen LogP contribution is -2.40. The number of fused-ring (bicyclic) bond motifs is 2. The number of nitrogens with one attached hydrogen (secondary N) is 1. The Bertz CT molecular complexity index is 352. The average Bonchev–Trinajstić information content (AvgIpc) is 2.84. The maximum Gasteiger partial charge on any atom is 0.147 e. The van der Waals surface area contributed by atoms with Gasteiger partial charge in [-0.15, -0.1) is 0 Å². The highest BCUT2D eigenvalue weighted by Gasteiger charge is 2.42. The second-order valence-corrected chi connectivity index (χ2v) is 8.18. The maximum absolute atomic E-state index is 11.3. The van der Waals surface area contributed by atoms with Crippen LogP contribution in [0.25, 0.3) is 0 Å². The van der Waals surface area contributed by atoms with Crippen molar-refractivity contribution < 1.29 is 8.42 Å². The molecule has 1 N–H and O–H groups in total. The summed E-state index contributed by atoms with van der Waals surface area (Å²) in [5.74, 6) is 2.86. The smallest absolute Gasteiger partial charge is 0.147 e. The van der Waals surface area contributed by atoms with E-state index in [0.29, 0.717) is 11.8 Å². The van der Waals surface area contributed by atoms with Crippen molar-refractivity contribution in [2.45, 2.75) is 45.1 Å². The minimum absolute atomic E-state index is 0.332. The van der Waals surface area contributed by atoms with E-state index in [1.807, 2.05) is 0 Å². The number of hydrogen-bond acceptors (Lipinski definition) is 3. The minimum atomic E-state index is -2.82. The van der Waals surface area contributed by atoms with Gasteiger partial charge in [-0.3, -0.25) is 0 Å². The van der Waals surface area contributed by atoms with E-state index in [-0.39, 0.29) is 0 Å². The summed E-state index contributed by atoms with van der Waals surface area (Å²) in [6, 6.07) is 0.421. The highest BCUT2D eigenvalue weighted by atomic mass is 32.2. The lowest BCUT2D eigenvalue weighted by molar-refractivity contribution is 0.246. The van der Waals surface area contributed by atoms with E-state index in [9.17, 15) is 8.42 Å². The van der Waals surface area contributed by atoms with Crippen LogP contribution in [0.2, 0.25) is 0 Å². The lowest BCUT2D eigenvalue weighted by atomic mass is 9.82. The molecule has 0 amide bonds. The van der Waals surface area contributed by atoms with Crippen LogP contribution in [0.5, 0.6) is 0 Å². The van der Waals surface area contributed by atoms with E-state index in [1.54, 1.807) is 0 Å². The molecule has 0 saturated heterocycles. The Hall–Kier alpha value is -0.0900. The monoisotopic (exact) mass is 259 g/mol. The van der Waals surface area contributed by atoms with E-state index < -0.39 is 9.84 Å². The molecule has 4 heteroatoms. The molecule has 2 saturated carbocycles. The molecule has 0 radical (unpaired) electrons. The molecule has 3 nitrogen and oxygen atoms in total. The summed E-state index contributed by atoms with van der Waals surface area (Å²) in [6.45, 7) is 3.06.